The summed E-state index contributed by atoms with van der Waals surface area (Å²) in [6, 6.07) is 10.6. The topological polar surface area (TPSA) is 87.4 Å². The fourth-order valence-electron chi connectivity index (χ4n) is 4.28. The second-order valence-corrected chi connectivity index (χ2v) is 7.45. The van der Waals surface area contributed by atoms with Gasteiger partial charge < -0.3 is 14.9 Å². The number of benzene rings is 1. The molecule has 142 valence electrons. The Hall–Kier alpha value is -3.22. The third-order valence-electron chi connectivity index (χ3n) is 5.64. The molecular weight excluding hydrogens is 350 g/mol. The Bertz CT molecular complexity index is 1120. The molecule has 4 aromatic rings. The zero-order chi connectivity index (χ0) is 19.1. The zero-order valence-corrected chi connectivity index (χ0v) is 15.9. The summed E-state index contributed by atoms with van der Waals surface area (Å²) < 4.78 is 4.31. The predicted octanol–water partition coefficient (Wildman–Crippen LogP) is 3.98. The van der Waals surface area contributed by atoms with Crippen molar-refractivity contribution in [3.63, 3.8) is 0 Å². The molecule has 1 saturated carbocycles. The Labute approximate surface area is 163 Å². The Balaban J connectivity index is 1.78. The van der Waals surface area contributed by atoms with Gasteiger partial charge in [0.05, 0.1) is 12.0 Å². The summed E-state index contributed by atoms with van der Waals surface area (Å²) >= 11 is 0. The maximum absolute atomic E-state index is 6.16. The molecular formula is C21H23N7. The Morgan fingerprint density at radius 2 is 1.79 bits per heavy atom. The predicted molar refractivity (Wildman–Crippen MR) is 109 cm³/mol. The van der Waals surface area contributed by atoms with Gasteiger partial charge in [-0.1, -0.05) is 49.6 Å². The average molecular weight is 373 g/mol. The van der Waals surface area contributed by atoms with Gasteiger partial charge in [-0.2, -0.15) is 0 Å². The maximum Gasteiger partial charge on any atom is 0.166 e. The fourth-order valence-corrected chi connectivity index (χ4v) is 4.28. The van der Waals surface area contributed by atoms with Crippen molar-refractivity contribution in [1.29, 1.82) is 0 Å². The van der Waals surface area contributed by atoms with E-state index in [0.29, 0.717) is 17.4 Å². The molecule has 0 aliphatic heterocycles. The van der Waals surface area contributed by atoms with Crippen LogP contribution in [-0.2, 0) is 7.05 Å². The summed E-state index contributed by atoms with van der Waals surface area (Å²) in [4.78, 5) is 18.3. The first-order chi connectivity index (χ1) is 13.7. The van der Waals surface area contributed by atoms with Crippen molar-refractivity contribution >= 4 is 17.0 Å². The van der Waals surface area contributed by atoms with E-state index in [-0.39, 0.29) is 0 Å². The summed E-state index contributed by atoms with van der Waals surface area (Å²) in [5, 5.41) is 0. The lowest BCUT2D eigenvalue weighted by molar-refractivity contribution is 0.360. The molecule has 3 aromatic heterocycles. The van der Waals surface area contributed by atoms with E-state index in [0.717, 1.165) is 41.3 Å². The molecule has 2 N–H and O–H groups in total. The molecule has 0 spiro atoms. The minimum Gasteiger partial charge on any atom is -0.382 e. The van der Waals surface area contributed by atoms with Gasteiger partial charge in [0.1, 0.15) is 12.0 Å². The van der Waals surface area contributed by atoms with Crippen LogP contribution in [0.1, 0.15) is 38.1 Å². The van der Waals surface area contributed by atoms with Crippen molar-refractivity contribution < 1.29 is 0 Å². The van der Waals surface area contributed by atoms with Gasteiger partial charge in [0, 0.05) is 18.7 Å². The van der Waals surface area contributed by atoms with Crippen LogP contribution in [0, 0.1) is 0 Å². The quantitative estimate of drug-likeness (QED) is 0.587. The second-order valence-electron chi connectivity index (χ2n) is 7.45. The molecule has 0 unspecified atom stereocenters. The number of aromatic nitrogens is 6. The van der Waals surface area contributed by atoms with Crippen LogP contribution in [0.15, 0.2) is 43.0 Å². The highest BCUT2D eigenvalue weighted by atomic mass is 15.2. The van der Waals surface area contributed by atoms with Crippen LogP contribution in [0.25, 0.3) is 33.9 Å². The number of hydrogen-bond acceptors (Lipinski definition) is 5. The molecule has 3 heterocycles. The van der Waals surface area contributed by atoms with Crippen molar-refractivity contribution in [3.05, 3.63) is 43.0 Å². The van der Waals surface area contributed by atoms with E-state index in [1.54, 1.807) is 0 Å². The largest absolute Gasteiger partial charge is 0.382 e. The molecule has 7 nitrogen and oxygen atoms in total. The number of rotatable bonds is 3. The Kier molecular flexibility index (Phi) is 4.07. The van der Waals surface area contributed by atoms with Gasteiger partial charge in [0.25, 0.3) is 0 Å². The highest BCUT2D eigenvalue weighted by Gasteiger charge is 2.27. The van der Waals surface area contributed by atoms with Gasteiger partial charge in [0.15, 0.2) is 22.8 Å². The van der Waals surface area contributed by atoms with Crippen molar-refractivity contribution in [3.8, 4) is 22.8 Å². The first-order valence-electron chi connectivity index (χ1n) is 9.79. The number of imidazole rings is 2. The van der Waals surface area contributed by atoms with Gasteiger partial charge in [0.2, 0.25) is 0 Å². The van der Waals surface area contributed by atoms with Crippen molar-refractivity contribution in [1.82, 2.24) is 29.1 Å². The number of nitrogens with two attached hydrogens (primary N) is 1. The van der Waals surface area contributed by atoms with E-state index >= 15 is 0 Å². The molecule has 0 bridgehead atoms. The lowest BCUT2D eigenvalue weighted by atomic mass is 9.95. The average Bonchev–Trinajstić information content (AvgIpc) is 3.30. The molecule has 28 heavy (non-hydrogen) atoms. The second kappa shape index (κ2) is 6.74. The maximum atomic E-state index is 6.16. The Morgan fingerprint density at radius 1 is 1.00 bits per heavy atom. The molecule has 1 aliphatic rings. The molecule has 1 aromatic carbocycles. The van der Waals surface area contributed by atoms with Crippen molar-refractivity contribution in [2.75, 3.05) is 5.73 Å². The summed E-state index contributed by atoms with van der Waals surface area (Å²) in [6.07, 6.45) is 9.36. The molecule has 0 amide bonds. The van der Waals surface area contributed by atoms with Crippen LogP contribution in [0.4, 0.5) is 5.82 Å². The first kappa shape index (κ1) is 16.9. The highest BCUT2D eigenvalue weighted by molar-refractivity contribution is 5.87. The number of nitrogen functional groups attached to an aromatic ring is 1. The van der Waals surface area contributed by atoms with Crippen LogP contribution in [-0.4, -0.2) is 29.1 Å². The van der Waals surface area contributed by atoms with Crippen LogP contribution >= 0.6 is 0 Å². The SMILES string of the molecule is Cn1cnc(-c2ccccc2)c1-c1nc2c(N)ncnc2n1C1CCCCC1. The smallest absolute Gasteiger partial charge is 0.166 e. The van der Waals surface area contributed by atoms with Crippen LogP contribution in [0.5, 0.6) is 0 Å². The van der Waals surface area contributed by atoms with Gasteiger partial charge in [-0.3, -0.25) is 0 Å². The van der Waals surface area contributed by atoms with E-state index in [9.17, 15) is 0 Å². The number of aryl methyl sites for hydroxylation is 1. The van der Waals surface area contributed by atoms with Crippen LogP contribution in [0.2, 0.25) is 0 Å². The molecule has 5 rings (SSSR count). The molecule has 0 atom stereocenters. The summed E-state index contributed by atoms with van der Waals surface area (Å²) in [5.74, 6) is 1.29. The minimum atomic E-state index is 0.363. The summed E-state index contributed by atoms with van der Waals surface area (Å²) in [6.45, 7) is 0. The van der Waals surface area contributed by atoms with Crippen LogP contribution in [0.3, 0.4) is 0 Å². The molecule has 1 fully saturated rings. The molecule has 0 saturated heterocycles. The lowest BCUT2D eigenvalue weighted by Gasteiger charge is -2.25. The normalized spacial score (nSPS) is 15.3. The first-order valence-corrected chi connectivity index (χ1v) is 9.79. The van der Waals surface area contributed by atoms with Gasteiger partial charge in [-0.05, 0) is 12.8 Å². The molecule has 0 radical (unpaired) electrons. The van der Waals surface area contributed by atoms with E-state index < -0.39 is 0 Å². The van der Waals surface area contributed by atoms with Crippen LogP contribution < -0.4 is 5.73 Å². The number of hydrogen-bond donors (Lipinski definition) is 1. The monoisotopic (exact) mass is 373 g/mol. The van der Waals surface area contributed by atoms with E-state index in [1.807, 2.05) is 36.1 Å². The number of nitrogens with zero attached hydrogens (tertiary/aromatic N) is 6. The molecule has 7 heteroatoms. The van der Waals surface area contributed by atoms with E-state index in [2.05, 4.69) is 31.7 Å². The van der Waals surface area contributed by atoms with Gasteiger partial charge in [-0.25, -0.2) is 19.9 Å². The van der Waals surface area contributed by atoms with Gasteiger partial charge >= 0.3 is 0 Å². The highest BCUT2D eigenvalue weighted by Crippen LogP contribution is 2.38. The summed E-state index contributed by atoms with van der Waals surface area (Å²) in [5.41, 5.74) is 10.6. The number of anilines is 1. The van der Waals surface area contributed by atoms with Crippen molar-refractivity contribution in [2.24, 2.45) is 7.05 Å². The fraction of sp³-hybridized carbons (Fsp3) is 0.333. The Morgan fingerprint density at radius 3 is 2.57 bits per heavy atom. The third kappa shape index (κ3) is 2.66. The standard InChI is InChI=1S/C21H23N7/c1-27-13-25-16(14-8-4-2-5-9-14)18(27)21-26-17-19(22)23-12-24-20(17)28(21)15-10-6-3-7-11-15/h2,4-5,8-9,12-13,15H,3,6-7,10-11H2,1H3,(H2,22,23,24). The van der Waals surface area contributed by atoms with E-state index in [1.165, 1.54) is 25.6 Å². The number of fused-ring (bicyclic) bond motifs is 1. The lowest BCUT2D eigenvalue weighted by Crippen LogP contribution is -2.15. The third-order valence-corrected chi connectivity index (χ3v) is 5.64. The molecule has 1 aliphatic carbocycles. The van der Waals surface area contributed by atoms with Crippen molar-refractivity contribution in [2.45, 2.75) is 38.1 Å². The summed E-state index contributed by atoms with van der Waals surface area (Å²) in [7, 11) is 2.01. The van der Waals surface area contributed by atoms with Gasteiger partial charge in [-0.15, -0.1) is 0 Å². The van der Waals surface area contributed by atoms with E-state index in [4.69, 9.17) is 10.7 Å². The zero-order valence-electron chi connectivity index (χ0n) is 15.9. The minimum absolute atomic E-state index is 0.363.